The number of benzene rings is 2. The van der Waals surface area contributed by atoms with Crippen molar-refractivity contribution in [2.24, 2.45) is 5.92 Å². The molecule has 0 aliphatic rings. The maximum Gasteiger partial charge on any atom is 0.270 e. The van der Waals surface area contributed by atoms with E-state index < -0.39 is 16.7 Å². The molecule has 0 heterocycles. The van der Waals surface area contributed by atoms with Crippen LogP contribution in [0, 0.1) is 16.0 Å². The highest BCUT2D eigenvalue weighted by Crippen LogP contribution is 2.18. The second-order valence-corrected chi connectivity index (χ2v) is 6.81. The average molecular weight is 369 g/mol. The minimum atomic E-state index is -0.619. The summed E-state index contributed by atoms with van der Waals surface area (Å²) in [4.78, 5) is 34.6. The molecule has 0 fully saturated rings. The Hall–Kier alpha value is -3.22. The van der Waals surface area contributed by atoms with Crippen LogP contribution in [-0.2, 0) is 11.2 Å². The van der Waals surface area contributed by atoms with E-state index in [0.29, 0.717) is 5.92 Å². The minimum absolute atomic E-state index is 0.0928. The molecule has 0 spiro atoms. The van der Waals surface area contributed by atoms with E-state index in [2.05, 4.69) is 24.7 Å². The van der Waals surface area contributed by atoms with Crippen molar-refractivity contribution in [3.63, 3.8) is 0 Å². The quantitative estimate of drug-likeness (QED) is 0.602. The first-order valence-corrected chi connectivity index (χ1v) is 8.71. The van der Waals surface area contributed by atoms with E-state index in [0.717, 1.165) is 18.1 Å². The fourth-order valence-electron chi connectivity index (χ4n) is 2.62. The van der Waals surface area contributed by atoms with Gasteiger partial charge in [-0.2, -0.15) is 0 Å². The number of nitro benzene ring substituents is 1. The number of hydrogen-bond donors (Lipinski definition) is 2. The molecule has 0 radical (unpaired) electrons. The summed E-state index contributed by atoms with van der Waals surface area (Å²) in [5.74, 6) is -0.888. The molecule has 0 aliphatic heterocycles. The van der Waals surface area contributed by atoms with Gasteiger partial charge in [0, 0.05) is 17.7 Å². The molecule has 2 N–H and O–H groups in total. The van der Waals surface area contributed by atoms with Gasteiger partial charge >= 0.3 is 0 Å². The van der Waals surface area contributed by atoms with Crippen LogP contribution < -0.4 is 10.9 Å². The number of carbonyl (C=O) groups excluding carboxylic acids is 2. The number of non-ortho nitro benzene ring substituents is 1. The summed E-state index contributed by atoms with van der Waals surface area (Å²) in [5.41, 5.74) is 6.61. The van der Waals surface area contributed by atoms with Crippen molar-refractivity contribution in [3.8, 4) is 0 Å². The monoisotopic (exact) mass is 369 g/mol. The van der Waals surface area contributed by atoms with Gasteiger partial charge in [-0.15, -0.1) is 0 Å². The Morgan fingerprint density at radius 1 is 1.04 bits per heavy atom. The number of nitrogens with zero attached hydrogens (tertiary/aromatic N) is 1. The molecule has 7 nitrogen and oxygen atoms in total. The van der Waals surface area contributed by atoms with E-state index in [1.165, 1.54) is 23.8 Å². The largest absolute Gasteiger partial charge is 0.273 e. The molecule has 0 saturated carbocycles. The molecular formula is C20H23N3O4. The molecule has 0 bridgehead atoms. The number of nitrogens with one attached hydrogen (secondary N) is 2. The number of nitro groups is 1. The van der Waals surface area contributed by atoms with Crippen molar-refractivity contribution in [2.75, 3.05) is 0 Å². The van der Waals surface area contributed by atoms with E-state index >= 15 is 0 Å². The smallest absolute Gasteiger partial charge is 0.270 e. The van der Waals surface area contributed by atoms with Gasteiger partial charge in [-0.3, -0.25) is 30.6 Å². The third-order valence-corrected chi connectivity index (χ3v) is 4.14. The van der Waals surface area contributed by atoms with Crippen LogP contribution in [0.1, 0.15) is 48.2 Å². The number of hydrazine groups is 1. The van der Waals surface area contributed by atoms with Gasteiger partial charge < -0.3 is 0 Å². The summed E-state index contributed by atoms with van der Waals surface area (Å²) in [5, 5.41) is 10.8. The molecule has 2 rings (SSSR count). The fourth-order valence-corrected chi connectivity index (χ4v) is 2.62. The van der Waals surface area contributed by atoms with Crippen LogP contribution in [0.3, 0.4) is 0 Å². The lowest BCUT2D eigenvalue weighted by Gasteiger charge is -2.14. The van der Waals surface area contributed by atoms with Crippen molar-refractivity contribution in [3.05, 3.63) is 75.3 Å². The van der Waals surface area contributed by atoms with Crippen molar-refractivity contribution < 1.29 is 14.5 Å². The Kier molecular flexibility index (Phi) is 6.65. The summed E-state index contributed by atoms with van der Waals surface area (Å²) in [7, 11) is 0. The van der Waals surface area contributed by atoms with E-state index in [1.54, 1.807) is 6.92 Å². The minimum Gasteiger partial charge on any atom is -0.273 e. The summed E-state index contributed by atoms with van der Waals surface area (Å²) >= 11 is 0. The van der Waals surface area contributed by atoms with Crippen LogP contribution in [0.2, 0.25) is 0 Å². The molecule has 0 unspecified atom stereocenters. The van der Waals surface area contributed by atoms with Crippen LogP contribution in [0.4, 0.5) is 5.69 Å². The molecule has 2 amide bonds. The van der Waals surface area contributed by atoms with Crippen LogP contribution >= 0.6 is 0 Å². The molecule has 0 aliphatic carbocycles. The molecular weight excluding hydrogens is 346 g/mol. The van der Waals surface area contributed by atoms with E-state index in [9.17, 15) is 19.7 Å². The van der Waals surface area contributed by atoms with E-state index in [1.807, 2.05) is 24.3 Å². The van der Waals surface area contributed by atoms with Gasteiger partial charge in [0.2, 0.25) is 5.91 Å². The molecule has 7 heteroatoms. The lowest BCUT2D eigenvalue weighted by molar-refractivity contribution is -0.384. The van der Waals surface area contributed by atoms with Gasteiger partial charge in [0.1, 0.15) is 0 Å². The highest BCUT2D eigenvalue weighted by atomic mass is 16.6. The first kappa shape index (κ1) is 20.1. The molecule has 1 atom stereocenters. The summed E-state index contributed by atoms with van der Waals surface area (Å²) < 4.78 is 0. The zero-order valence-corrected chi connectivity index (χ0v) is 15.6. The number of hydrogen-bond acceptors (Lipinski definition) is 4. The summed E-state index contributed by atoms with van der Waals surface area (Å²) in [6.07, 6.45) is 0.972. The lowest BCUT2D eigenvalue weighted by atomic mass is 9.96. The first-order chi connectivity index (χ1) is 12.8. The summed E-state index contributed by atoms with van der Waals surface area (Å²) in [6, 6.07) is 13.1. The molecule has 27 heavy (non-hydrogen) atoms. The number of carbonyl (C=O) groups is 2. The Labute approximate surface area is 157 Å². The standard InChI is InChI=1S/C20H23N3O4/c1-13(2)11-15-7-9-16(10-8-15)14(3)19(24)21-22-20(25)17-5-4-6-18(12-17)23(26)27/h4-10,12-14H,11H2,1-3H3,(H,21,24)(H,22,25)/t14-/m0/s1. The first-order valence-electron chi connectivity index (χ1n) is 8.71. The Morgan fingerprint density at radius 3 is 2.30 bits per heavy atom. The number of rotatable bonds is 6. The van der Waals surface area contributed by atoms with Gasteiger partial charge in [-0.1, -0.05) is 44.2 Å². The normalized spacial score (nSPS) is 11.7. The molecule has 0 aromatic heterocycles. The van der Waals surface area contributed by atoms with Gasteiger partial charge in [0.25, 0.3) is 11.6 Å². The second-order valence-electron chi connectivity index (χ2n) is 6.81. The van der Waals surface area contributed by atoms with Crippen molar-refractivity contribution in [2.45, 2.75) is 33.1 Å². The van der Waals surface area contributed by atoms with Crippen LogP contribution in [0.15, 0.2) is 48.5 Å². The maximum atomic E-state index is 12.3. The zero-order chi connectivity index (χ0) is 20.0. The molecule has 0 saturated heterocycles. The average Bonchev–Trinajstić information content (AvgIpc) is 2.65. The van der Waals surface area contributed by atoms with Gasteiger partial charge in [-0.05, 0) is 36.5 Å². The topological polar surface area (TPSA) is 101 Å². The highest BCUT2D eigenvalue weighted by molar-refractivity contribution is 5.96. The van der Waals surface area contributed by atoms with Crippen LogP contribution in [0.25, 0.3) is 0 Å². The zero-order valence-electron chi connectivity index (χ0n) is 15.6. The van der Waals surface area contributed by atoms with Crippen molar-refractivity contribution in [1.29, 1.82) is 0 Å². The van der Waals surface area contributed by atoms with Crippen LogP contribution in [-0.4, -0.2) is 16.7 Å². The Balaban J connectivity index is 1.95. The second kappa shape index (κ2) is 8.93. The van der Waals surface area contributed by atoms with Crippen LogP contribution in [0.5, 0.6) is 0 Å². The molecule has 142 valence electrons. The molecule has 2 aromatic rings. The van der Waals surface area contributed by atoms with E-state index in [4.69, 9.17) is 0 Å². The predicted octanol–water partition coefficient (Wildman–Crippen LogP) is 3.36. The van der Waals surface area contributed by atoms with Gasteiger partial charge in [-0.25, -0.2) is 0 Å². The maximum absolute atomic E-state index is 12.3. The predicted molar refractivity (Wildman–Crippen MR) is 102 cm³/mol. The Morgan fingerprint density at radius 2 is 1.70 bits per heavy atom. The Bertz CT molecular complexity index is 831. The SMILES string of the molecule is CC(C)Cc1ccc([C@H](C)C(=O)NNC(=O)c2cccc([N+](=O)[O-])c2)cc1. The van der Waals surface area contributed by atoms with Crippen molar-refractivity contribution in [1.82, 2.24) is 10.9 Å². The number of amides is 2. The third kappa shape index (κ3) is 5.64. The van der Waals surface area contributed by atoms with E-state index in [-0.39, 0.29) is 17.2 Å². The van der Waals surface area contributed by atoms with Crippen molar-refractivity contribution >= 4 is 17.5 Å². The van der Waals surface area contributed by atoms with Gasteiger partial charge in [0.05, 0.1) is 10.8 Å². The fraction of sp³-hybridized carbons (Fsp3) is 0.300. The van der Waals surface area contributed by atoms with Gasteiger partial charge in [0.15, 0.2) is 0 Å². The lowest BCUT2D eigenvalue weighted by Crippen LogP contribution is -2.43. The summed E-state index contributed by atoms with van der Waals surface area (Å²) in [6.45, 7) is 6.04. The third-order valence-electron chi connectivity index (χ3n) is 4.14. The molecule has 2 aromatic carbocycles. The highest BCUT2D eigenvalue weighted by Gasteiger charge is 2.17.